The van der Waals surface area contributed by atoms with E-state index >= 15 is 0 Å². The zero-order chi connectivity index (χ0) is 11.3. The van der Waals surface area contributed by atoms with Crippen molar-refractivity contribution in [2.24, 2.45) is 5.92 Å². The Morgan fingerprint density at radius 1 is 1.47 bits per heavy atom. The van der Waals surface area contributed by atoms with Gasteiger partial charge in [-0.2, -0.15) is 0 Å². The summed E-state index contributed by atoms with van der Waals surface area (Å²) < 4.78 is 0. The van der Waals surface area contributed by atoms with Gasteiger partial charge in [0.05, 0.1) is 6.10 Å². The van der Waals surface area contributed by atoms with E-state index in [0.717, 1.165) is 12.8 Å². The molecule has 1 fully saturated rings. The van der Waals surface area contributed by atoms with Crippen LogP contribution < -0.4 is 5.32 Å². The summed E-state index contributed by atoms with van der Waals surface area (Å²) in [5.41, 5.74) is 0. The van der Waals surface area contributed by atoms with Gasteiger partial charge < -0.3 is 15.5 Å². The summed E-state index contributed by atoms with van der Waals surface area (Å²) in [7, 11) is 0. The second-order valence-electron chi connectivity index (χ2n) is 4.35. The molecule has 0 heterocycles. The molecule has 0 aromatic rings. The van der Waals surface area contributed by atoms with Gasteiger partial charge in [0.2, 0.25) is 5.91 Å². The number of aliphatic hydroxyl groups is 2. The largest absolute Gasteiger partial charge is 0.396 e. The molecule has 0 unspecified atom stereocenters. The number of carbonyl (C=O) groups excluding carboxylic acids is 1. The van der Waals surface area contributed by atoms with Gasteiger partial charge in [0.25, 0.3) is 0 Å². The number of carbonyl (C=O) groups is 1. The standard InChI is InChI=1S/C11H21NO3/c1-2-3-4-11(15)12-9-5-8(7-13)10(14)6-9/h8-10,13-14H,2-7H2,1H3,(H,12,15)/t8-,9-,10+/m0/s1. The van der Waals surface area contributed by atoms with Crippen LogP contribution in [-0.4, -0.2) is 34.9 Å². The lowest BCUT2D eigenvalue weighted by Gasteiger charge is -2.11. The monoisotopic (exact) mass is 215 g/mol. The Labute approximate surface area is 90.7 Å². The first-order chi connectivity index (χ1) is 7.17. The molecule has 88 valence electrons. The summed E-state index contributed by atoms with van der Waals surface area (Å²) in [4.78, 5) is 11.4. The first-order valence-electron chi connectivity index (χ1n) is 5.75. The predicted octanol–water partition coefficient (Wildman–Crippen LogP) is 0.425. The van der Waals surface area contributed by atoms with E-state index in [1.807, 2.05) is 6.92 Å². The number of nitrogens with one attached hydrogen (secondary N) is 1. The van der Waals surface area contributed by atoms with Crippen LogP contribution in [0.3, 0.4) is 0 Å². The van der Waals surface area contributed by atoms with E-state index in [2.05, 4.69) is 5.32 Å². The van der Waals surface area contributed by atoms with Crippen molar-refractivity contribution in [3.8, 4) is 0 Å². The summed E-state index contributed by atoms with van der Waals surface area (Å²) in [5, 5.41) is 21.4. The zero-order valence-electron chi connectivity index (χ0n) is 9.28. The minimum atomic E-state index is -0.466. The van der Waals surface area contributed by atoms with Gasteiger partial charge in [0.1, 0.15) is 0 Å². The first-order valence-corrected chi connectivity index (χ1v) is 5.75. The van der Waals surface area contributed by atoms with Crippen molar-refractivity contribution >= 4 is 5.91 Å². The Kier molecular flexibility index (Phi) is 5.05. The van der Waals surface area contributed by atoms with Gasteiger partial charge in [-0.3, -0.25) is 4.79 Å². The maximum atomic E-state index is 11.4. The molecule has 0 saturated heterocycles. The maximum Gasteiger partial charge on any atom is 0.220 e. The molecule has 15 heavy (non-hydrogen) atoms. The first kappa shape index (κ1) is 12.5. The molecule has 4 heteroatoms. The minimum Gasteiger partial charge on any atom is -0.396 e. The highest BCUT2D eigenvalue weighted by Crippen LogP contribution is 2.25. The van der Waals surface area contributed by atoms with E-state index in [1.54, 1.807) is 0 Å². The van der Waals surface area contributed by atoms with E-state index < -0.39 is 6.10 Å². The second-order valence-corrected chi connectivity index (χ2v) is 4.35. The molecule has 0 bridgehead atoms. The van der Waals surface area contributed by atoms with E-state index in [1.165, 1.54) is 0 Å². The summed E-state index contributed by atoms with van der Waals surface area (Å²) in [5.74, 6) is -0.00545. The van der Waals surface area contributed by atoms with Crippen LogP contribution in [0.4, 0.5) is 0 Å². The van der Waals surface area contributed by atoms with Crippen LogP contribution >= 0.6 is 0 Å². The molecule has 0 aliphatic heterocycles. The third-order valence-corrected chi connectivity index (χ3v) is 3.01. The molecule has 0 aromatic carbocycles. The molecule has 1 aliphatic rings. The van der Waals surface area contributed by atoms with Crippen LogP contribution in [0.25, 0.3) is 0 Å². The molecule has 3 atom stereocenters. The predicted molar refractivity (Wildman–Crippen MR) is 57.3 cm³/mol. The van der Waals surface area contributed by atoms with Crippen molar-refractivity contribution in [1.29, 1.82) is 0 Å². The lowest BCUT2D eigenvalue weighted by molar-refractivity contribution is -0.121. The average molecular weight is 215 g/mol. The highest BCUT2D eigenvalue weighted by Gasteiger charge is 2.32. The Morgan fingerprint density at radius 3 is 2.73 bits per heavy atom. The number of amides is 1. The lowest BCUT2D eigenvalue weighted by Crippen LogP contribution is -2.33. The fourth-order valence-electron chi connectivity index (χ4n) is 2.05. The summed E-state index contributed by atoms with van der Waals surface area (Å²) in [6.45, 7) is 2.05. The average Bonchev–Trinajstić information content (AvgIpc) is 2.55. The molecule has 0 radical (unpaired) electrons. The van der Waals surface area contributed by atoms with Crippen LogP contribution in [0.2, 0.25) is 0 Å². The van der Waals surface area contributed by atoms with Crippen LogP contribution in [0.15, 0.2) is 0 Å². The number of hydrogen-bond acceptors (Lipinski definition) is 3. The SMILES string of the molecule is CCCCC(=O)N[C@H]1C[C@@H](CO)[C@H](O)C1. The smallest absolute Gasteiger partial charge is 0.220 e. The van der Waals surface area contributed by atoms with Crippen LogP contribution in [-0.2, 0) is 4.79 Å². The van der Waals surface area contributed by atoms with Crippen molar-refractivity contribution in [3.63, 3.8) is 0 Å². The van der Waals surface area contributed by atoms with Gasteiger partial charge in [-0.05, 0) is 19.3 Å². The summed E-state index contributed by atoms with van der Waals surface area (Å²) >= 11 is 0. The molecule has 3 N–H and O–H groups in total. The quantitative estimate of drug-likeness (QED) is 0.622. The molecule has 1 saturated carbocycles. The van der Waals surface area contributed by atoms with Gasteiger partial charge in [0.15, 0.2) is 0 Å². The van der Waals surface area contributed by atoms with Crippen molar-refractivity contribution in [3.05, 3.63) is 0 Å². The van der Waals surface area contributed by atoms with Gasteiger partial charge >= 0.3 is 0 Å². The molecule has 1 rings (SSSR count). The van der Waals surface area contributed by atoms with Crippen molar-refractivity contribution < 1.29 is 15.0 Å². The Bertz CT molecular complexity index is 208. The topological polar surface area (TPSA) is 69.6 Å². The number of unbranched alkanes of at least 4 members (excludes halogenated alkanes) is 1. The number of aliphatic hydroxyl groups excluding tert-OH is 2. The molecular formula is C11H21NO3. The van der Waals surface area contributed by atoms with Crippen LogP contribution in [0.5, 0.6) is 0 Å². The van der Waals surface area contributed by atoms with Crippen molar-refractivity contribution in [2.75, 3.05) is 6.61 Å². The fourth-order valence-corrected chi connectivity index (χ4v) is 2.05. The van der Waals surface area contributed by atoms with E-state index in [-0.39, 0.29) is 24.5 Å². The van der Waals surface area contributed by atoms with Crippen molar-refractivity contribution in [1.82, 2.24) is 5.32 Å². The fraction of sp³-hybridized carbons (Fsp3) is 0.909. The van der Waals surface area contributed by atoms with Gasteiger partial charge in [-0.25, -0.2) is 0 Å². The van der Waals surface area contributed by atoms with E-state index in [0.29, 0.717) is 19.3 Å². The van der Waals surface area contributed by atoms with Gasteiger partial charge in [-0.1, -0.05) is 13.3 Å². The maximum absolute atomic E-state index is 11.4. The zero-order valence-corrected chi connectivity index (χ0v) is 9.28. The Morgan fingerprint density at radius 2 is 2.20 bits per heavy atom. The number of hydrogen-bond donors (Lipinski definition) is 3. The van der Waals surface area contributed by atoms with Gasteiger partial charge in [-0.15, -0.1) is 0 Å². The molecule has 1 aliphatic carbocycles. The Hall–Kier alpha value is -0.610. The second kappa shape index (κ2) is 6.08. The van der Waals surface area contributed by atoms with Crippen LogP contribution in [0.1, 0.15) is 39.0 Å². The number of rotatable bonds is 5. The van der Waals surface area contributed by atoms with E-state index in [4.69, 9.17) is 5.11 Å². The van der Waals surface area contributed by atoms with Gasteiger partial charge in [0, 0.05) is 25.0 Å². The minimum absolute atomic E-state index is 0.00248. The normalized spacial score (nSPS) is 30.5. The Balaban J connectivity index is 2.25. The third kappa shape index (κ3) is 3.80. The molecule has 0 spiro atoms. The highest BCUT2D eigenvalue weighted by molar-refractivity contribution is 5.76. The highest BCUT2D eigenvalue weighted by atomic mass is 16.3. The van der Waals surface area contributed by atoms with E-state index in [9.17, 15) is 9.90 Å². The summed E-state index contributed by atoms with van der Waals surface area (Å²) in [6.07, 6.45) is 3.28. The van der Waals surface area contributed by atoms with Crippen LogP contribution in [0, 0.1) is 5.92 Å². The molecule has 0 aromatic heterocycles. The lowest BCUT2D eigenvalue weighted by atomic mass is 10.1. The third-order valence-electron chi connectivity index (χ3n) is 3.01. The summed E-state index contributed by atoms with van der Waals surface area (Å²) in [6, 6.07) is 0.0431. The molecule has 4 nitrogen and oxygen atoms in total. The van der Waals surface area contributed by atoms with Crippen molar-refractivity contribution in [2.45, 2.75) is 51.2 Å². The molecular weight excluding hydrogens is 194 g/mol. The molecule has 1 amide bonds.